The molecule has 1 rings (SSSR count). The van der Waals surface area contributed by atoms with E-state index in [-0.39, 0.29) is 11.3 Å². The molecule has 2 N–H and O–H groups in total. The van der Waals surface area contributed by atoms with Gasteiger partial charge in [0.2, 0.25) is 0 Å². The van der Waals surface area contributed by atoms with Crippen molar-refractivity contribution in [3.05, 3.63) is 0 Å². The van der Waals surface area contributed by atoms with Gasteiger partial charge < -0.3 is 15.2 Å². The molecule has 1 aliphatic carbocycles. The highest BCUT2D eigenvalue weighted by atomic mass is 16.5. The van der Waals surface area contributed by atoms with E-state index in [0.717, 1.165) is 19.5 Å². The number of carboxylic acid groups (broad SMARTS) is 1. The van der Waals surface area contributed by atoms with Gasteiger partial charge in [0.15, 0.2) is 0 Å². The summed E-state index contributed by atoms with van der Waals surface area (Å²) in [5, 5.41) is 13.1. The van der Waals surface area contributed by atoms with Crippen LogP contribution in [0.3, 0.4) is 0 Å². The lowest BCUT2D eigenvalue weighted by atomic mass is 9.76. The van der Waals surface area contributed by atoms with Gasteiger partial charge in [-0.2, -0.15) is 0 Å². The zero-order chi connectivity index (χ0) is 16.3. The van der Waals surface area contributed by atoms with Crippen LogP contribution >= 0.6 is 0 Å². The first-order chi connectivity index (χ1) is 10.6. The third-order valence-electron chi connectivity index (χ3n) is 5.07. The number of hydrogen-bond acceptors (Lipinski definition) is 3. The maximum atomic E-state index is 11.5. The molecular formula is C18H35NO3. The van der Waals surface area contributed by atoms with Crippen molar-refractivity contribution in [3.8, 4) is 0 Å². The van der Waals surface area contributed by atoms with Gasteiger partial charge in [-0.3, -0.25) is 4.79 Å². The van der Waals surface area contributed by atoms with Crippen LogP contribution in [0.25, 0.3) is 0 Å². The van der Waals surface area contributed by atoms with Gasteiger partial charge >= 0.3 is 5.97 Å². The van der Waals surface area contributed by atoms with Crippen molar-refractivity contribution in [1.29, 1.82) is 0 Å². The molecule has 0 saturated heterocycles. The fraction of sp³-hybridized carbons (Fsp3) is 0.944. The van der Waals surface area contributed by atoms with Gasteiger partial charge in [0.1, 0.15) is 0 Å². The largest absolute Gasteiger partial charge is 0.481 e. The highest BCUT2D eigenvalue weighted by Crippen LogP contribution is 2.43. The molecule has 1 saturated carbocycles. The van der Waals surface area contributed by atoms with Crippen LogP contribution in [0.4, 0.5) is 0 Å². The van der Waals surface area contributed by atoms with Crippen molar-refractivity contribution in [1.82, 2.24) is 5.32 Å². The van der Waals surface area contributed by atoms with Crippen LogP contribution in [0, 0.1) is 11.3 Å². The molecule has 0 heterocycles. The number of nitrogens with one attached hydrogen (secondary N) is 1. The van der Waals surface area contributed by atoms with E-state index in [4.69, 9.17) is 4.74 Å². The number of methoxy groups -OCH3 is 1. The molecule has 0 aliphatic heterocycles. The van der Waals surface area contributed by atoms with Crippen molar-refractivity contribution in [2.45, 2.75) is 71.1 Å². The Morgan fingerprint density at radius 1 is 1.27 bits per heavy atom. The van der Waals surface area contributed by atoms with E-state index < -0.39 is 5.97 Å². The lowest BCUT2D eigenvalue weighted by Crippen LogP contribution is -2.36. The standard InChI is InChI=1S/C18H35NO3/c1-3-4-5-8-12-19-15-18(10-6-7-11-18)14-16(17(20)21)9-13-22-2/h16,19H,3-15H2,1-2H3,(H,20,21). The minimum absolute atomic E-state index is 0.196. The number of hydrogen-bond donors (Lipinski definition) is 2. The Balaban J connectivity index is 2.42. The van der Waals surface area contributed by atoms with E-state index >= 15 is 0 Å². The first-order valence-electron chi connectivity index (χ1n) is 9.06. The Bertz CT molecular complexity index is 301. The summed E-state index contributed by atoms with van der Waals surface area (Å²) >= 11 is 0. The molecule has 0 aromatic heterocycles. The molecule has 0 spiro atoms. The smallest absolute Gasteiger partial charge is 0.306 e. The number of rotatable bonds is 13. The highest BCUT2D eigenvalue weighted by Gasteiger charge is 2.37. The summed E-state index contributed by atoms with van der Waals surface area (Å²) in [5.41, 5.74) is 0.196. The van der Waals surface area contributed by atoms with Gasteiger partial charge in [0, 0.05) is 20.3 Å². The summed E-state index contributed by atoms with van der Waals surface area (Å²) in [6, 6.07) is 0. The van der Waals surface area contributed by atoms with Crippen molar-refractivity contribution >= 4 is 5.97 Å². The lowest BCUT2D eigenvalue weighted by molar-refractivity contribution is -0.143. The summed E-state index contributed by atoms with van der Waals surface area (Å²) in [6.07, 6.45) is 11.4. The average Bonchev–Trinajstić information content (AvgIpc) is 2.96. The number of unbranched alkanes of at least 4 members (excludes halogenated alkanes) is 3. The first-order valence-corrected chi connectivity index (χ1v) is 9.06. The molecule has 1 fully saturated rings. The minimum Gasteiger partial charge on any atom is -0.481 e. The van der Waals surface area contributed by atoms with Crippen LogP contribution in [0.1, 0.15) is 71.1 Å². The topological polar surface area (TPSA) is 58.6 Å². The average molecular weight is 313 g/mol. The lowest BCUT2D eigenvalue weighted by Gasteiger charge is -2.32. The molecule has 4 nitrogen and oxygen atoms in total. The van der Waals surface area contributed by atoms with E-state index in [1.165, 1.54) is 51.4 Å². The molecule has 0 amide bonds. The molecule has 0 radical (unpaired) electrons. The first kappa shape index (κ1) is 19.4. The van der Waals surface area contributed by atoms with Gasteiger partial charge in [0.25, 0.3) is 0 Å². The molecule has 22 heavy (non-hydrogen) atoms. The zero-order valence-electron chi connectivity index (χ0n) is 14.5. The second-order valence-corrected chi connectivity index (χ2v) is 6.97. The molecule has 0 bridgehead atoms. The Morgan fingerprint density at radius 3 is 2.59 bits per heavy atom. The van der Waals surface area contributed by atoms with E-state index in [1.54, 1.807) is 7.11 Å². The van der Waals surface area contributed by atoms with Crippen LogP contribution in [-0.4, -0.2) is 37.9 Å². The molecule has 1 aliphatic rings. The Hall–Kier alpha value is -0.610. The van der Waals surface area contributed by atoms with Gasteiger partial charge in [0.05, 0.1) is 5.92 Å². The normalized spacial score (nSPS) is 18.5. The molecular weight excluding hydrogens is 278 g/mol. The van der Waals surface area contributed by atoms with Gasteiger partial charge in [-0.15, -0.1) is 0 Å². The van der Waals surface area contributed by atoms with Crippen LogP contribution in [0.15, 0.2) is 0 Å². The Kier molecular flexibility index (Phi) is 9.73. The molecule has 130 valence electrons. The summed E-state index contributed by atoms with van der Waals surface area (Å²) < 4.78 is 5.08. The SMILES string of the molecule is CCCCCCNCC1(CC(CCOC)C(=O)O)CCCC1. The molecule has 1 unspecified atom stereocenters. The van der Waals surface area contributed by atoms with Crippen LogP contribution in [0.2, 0.25) is 0 Å². The van der Waals surface area contributed by atoms with Gasteiger partial charge in [-0.25, -0.2) is 0 Å². The van der Waals surface area contributed by atoms with Crippen molar-refractivity contribution in [2.24, 2.45) is 11.3 Å². The molecule has 0 aromatic rings. The predicted molar refractivity (Wildman–Crippen MR) is 90.1 cm³/mol. The Morgan fingerprint density at radius 2 is 2.00 bits per heavy atom. The fourth-order valence-electron chi connectivity index (χ4n) is 3.70. The molecule has 1 atom stereocenters. The van der Waals surface area contributed by atoms with Crippen LogP contribution in [0.5, 0.6) is 0 Å². The predicted octanol–water partition coefficient (Wildman–Crippen LogP) is 3.84. The van der Waals surface area contributed by atoms with E-state index in [1.807, 2.05) is 0 Å². The second kappa shape index (κ2) is 11.0. The number of ether oxygens (including phenoxy) is 1. The second-order valence-electron chi connectivity index (χ2n) is 6.97. The maximum Gasteiger partial charge on any atom is 0.306 e. The Labute approximate surface area is 136 Å². The summed E-state index contributed by atoms with van der Waals surface area (Å²) in [4.78, 5) is 11.5. The fourth-order valence-corrected chi connectivity index (χ4v) is 3.70. The third-order valence-corrected chi connectivity index (χ3v) is 5.07. The number of aliphatic carboxylic acids is 1. The van der Waals surface area contributed by atoms with Crippen molar-refractivity contribution in [2.75, 3.05) is 26.8 Å². The minimum atomic E-state index is -0.661. The van der Waals surface area contributed by atoms with Crippen molar-refractivity contribution in [3.63, 3.8) is 0 Å². The maximum absolute atomic E-state index is 11.5. The number of carboxylic acids is 1. The number of carbonyl (C=O) groups is 1. The summed E-state index contributed by atoms with van der Waals surface area (Å²) in [5.74, 6) is -0.925. The monoisotopic (exact) mass is 313 g/mol. The van der Waals surface area contributed by atoms with Gasteiger partial charge in [-0.1, -0.05) is 39.0 Å². The third kappa shape index (κ3) is 7.10. The molecule has 0 aromatic carbocycles. The molecule has 4 heteroatoms. The zero-order valence-corrected chi connectivity index (χ0v) is 14.5. The van der Waals surface area contributed by atoms with E-state index in [9.17, 15) is 9.90 Å². The summed E-state index contributed by atoms with van der Waals surface area (Å²) in [6.45, 7) is 4.82. The summed E-state index contributed by atoms with van der Waals surface area (Å²) in [7, 11) is 1.64. The van der Waals surface area contributed by atoms with Gasteiger partial charge in [-0.05, 0) is 44.1 Å². The quantitative estimate of drug-likeness (QED) is 0.507. The van der Waals surface area contributed by atoms with Crippen LogP contribution in [-0.2, 0) is 9.53 Å². The van der Waals surface area contributed by atoms with E-state index in [2.05, 4.69) is 12.2 Å². The van der Waals surface area contributed by atoms with Crippen LogP contribution < -0.4 is 5.32 Å². The van der Waals surface area contributed by atoms with Crippen molar-refractivity contribution < 1.29 is 14.6 Å². The van der Waals surface area contributed by atoms with E-state index in [0.29, 0.717) is 13.0 Å². The highest BCUT2D eigenvalue weighted by molar-refractivity contribution is 5.70.